The summed E-state index contributed by atoms with van der Waals surface area (Å²) in [5.41, 5.74) is 4.26. The highest BCUT2D eigenvalue weighted by atomic mass is 32.2. The molecule has 0 saturated carbocycles. The average molecular weight is 422 g/mol. The Kier molecular flexibility index (Phi) is 5.65. The minimum atomic E-state index is -3.66. The molecule has 1 atom stereocenters. The van der Waals surface area contributed by atoms with Crippen molar-refractivity contribution in [2.45, 2.75) is 37.2 Å². The van der Waals surface area contributed by atoms with Crippen LogP contribution in [-0.4, -0.2) is 25.4 Å². The molecule has 1 amide bonds. The summed E-state index contributed by atoms with van der Waals surface area (Å²) < 4.78 is 28.1. The maximum atomic E-state index is 12.8. The summed E-state index contributed by atoms with van der Waals surface area (Å²) in [4.78, 5) is 16.9. The van der Waals surface area contributed by atoms with E-state index in [9.17, 15) is 13.2 Å². The summed E-state index contributed by atoms with van der Waals surface area (Å²) >= 11 is 0. The van der Waals surface area contributed by atoms with E-state index in [0.29, 0.717) is 24.1 Å². The van der Waals surface area contributed by atoms with E-state index < -0.39 is 10.0 Å². The predicted octanol–water partition coefficient (Wildman–Crippen LogP) is 2.77. The molecule has 1 heterocycles. The van der Waals surface area contributed by atoms with E-state index in [-0.39, 0.29) is 23.4 Å². The fourth-order valence-electron chi connectivity index (χ4n) is 3.67. The summed E-state index contributed by atoms with van der Waals surface area (Å²) in [6.45, 7) is 2.04. The van der Waals surface area contributed by atoms with E-state index in [1.807, 2.05) is 43.3 Å². The number of carbonyl (C=O) groups excluding carboxylic acids is 1. The van der Waals surface area contributed by atoms with Crippen LogP contribution in [-0.2, 0) is 29.4 Å². The number of carbonyl (C=O) groups is 1. The topological polar surface area (TPSA) is 88.2 Å². The van der Waals surface area contributed by atoms with Crippen LogP contribution < -0.4 is 10.0 Å². The third-order valence-electron chi connectivity index (χ3n) is 5.34. The van der Waals surface area contributed by atoms with Gasteiger partial charge >= 0.3 is 0 Å². The lowest BCUT2D eigenvalue weighted by Crippen LogP contribution is -2.35. The summed E-state index contributed by atoms with van der Waals surface area (Å²) in [5.74, 6) is -0.117. The molecule has 0 fully saturated rings. The zero-order valence-corrected chi connectivity index (χ0v) is 17.4. The lowest BCUT2D eigenvalue weighted by molar-refractivity contribution is 0.0938. The van der Waals surface area contributed by atoms with Gasteiger partial charge in [-0.1, -0.05) is 30.3 Å². The molecule has 0 saturated heterocycles. The largest absolute Gasteiger partial charge is 0.349 e. The number of amides is 1. The van der Waals surface area contributed by atoms with Crippen LogP contribution in [0.3, 0.4) is 0 Å². The molecule has 1 aliphatic carbocycles. The summed E-state index contributed by atoms with van der Waals surface area (Å²) in [6, 6.07) is 17.9. The van der Waals surface area contributed by atoms with Crippen molar-refractivity contribution < 1.29 is 13.2 Å². The van der Waals surface area contributed by atoms with Crippen molar-refractivity contribution in [1.29, 1.82) is 0 Å². The molecular formula is C23H23N3O3S. The van der Waals surface area contributed by atoms with Crippen molar-refractivity contribution in [2.75, 3.05) is 0 Å². The number of fused-ring (bicyclic) bond motifs is 1. The first-order chi connectivity index (χ1) is 14.4. The molecule has 154 valence electrons. The second-order valence-corrected chi connectivity index (χ2v) is 9.23. The monoisotopic (exact) mass is 421 g/mol. The summed E-state index contributed by atoms with van der Waals surface area (Å²) in [6.07, 6.45) is 2.95. The van der Waals surface area contributed by atoms with Crippen LogP contribution in [0.5, 0.6) is 0 Å². The average Bonchev–Trinajstić information content (AvgIpc) is 3.15. The van der Waals surface area contributed by atoms with Gasteiger partial charge in [-0.3, -0.25) is 9.78 Å². The van der Waals surface area contributed by atoms with Gasteiger partial charge in [0.15, 0.2) is 0 Å². The Morgan fingerprint density at radius 3 is 2.57 bits per heavy atom. The van der Waals surface area contributed by atoms with E-state index in [1.165, 1.54) is 0 Å². The number of sulfonamides is 1. The standard InChI is InChI=1S/C23H23N3O3S/c1-16-6-5-11-24-22(16)15-25-30(28,29)21-10-9-18-12-20(13-19(18)14-21)26-23(27)17-7-3-2-4-8-17/h2-11,14,20,25H,12-13,15H2,1H3,(H,26,27)/t20-/m0/s1. The zero-order chi connectivity index (χ0) is 21.1. The van der Waals surface area contributed by atoms with Gasteiger partial charge in [-0.15, -0.1) is 0 Å². The van der Waals surface area contributed by atoms with Crippen molar-refractivity contribution in [3.63, 3.8) is 0 Å². The molecule has 2 N–H and O–H groups in total. The highest BCUT2D eigenvalue weighted by Gasteiger charge is 2.25. The molecule has 0 radical (unpaired) electrons. The molecule has 0 bridgehead atoms. The molecule has 3 aromatic rings. The molecular weight excluding hydrogens is 398 g/mol. The maximum Gasteiger partial charge on any atom is 0.251 e. The van der Waals surface area contributed by atoms with Gasteiger partial charge in [0.2, 0.25) is 10.0 Å². The van der Waals surface area contributed by atoms with Gasteiger partial charge < -0.3 is 5.32 Å². The van der Waals surface area contributed by atoms with Gasteiger partial charge in [0, 0.05) is 17.8 Å². The number of hydrogen-bond acceptors (Lipinski definition) is 4. The van der Waals surface area contributed by atoms with Gasteiger partial charge in [-0.05, 0) is 66.8 Å². The van der Waals surface area contributed by atoms with Crippen molar-refractivity contribution in [2.24, 2.45) is 0 Å². The molecule has 1 aromatic heterocycles. The van der Waals surface area contributed by atoms with Crippen LogP contribution >= 0.6 is 0 Å². The molecule has 2 aromatic carbocycles. The Morgan fingerprint density at radius 2 is 1.80 bits per heavy atom. The van der Waals surface area contributed by atoms with Crippen LogP contribution in [0.4, 0.5) is 0 Å². The fourth-order valence-corrected chi connectivity index (χ4v) is 4.71. The van der Waals surface area contributed by atoms with Crippen LogP contribution in [0, 0.1) is 6.92 Å². The Bertz CT molecular complexity index is 1180. The Morgan fingerprint density at radius 1 is 1.03 bits per heavy atom. The lowest BCUT2D eigenvalue weighted by Gasteiger charge is -2.11. The number of pyridine rings is 1. The highest BCUT2D eigenvalue weighted by molar-refractivity contribution is 7.89. The van der Waals surface area contributed by atoms with Crippen molar-refractivity contribution >= 4 is 15.9 Å². The van der Waals surface area contributed by atoms with Gasteiger partial charge in [0.05, 0.1) is 17.1 Å². The van der Waals surface area contributed by atoms with Crippen LogP contribution in [0.2, 0.25) is 0 Å². The van der Waals surface area contributed by atoms with Crippen molar-refractivity contribution in [1.82, 2.24) is 15.0 Å². The molecule has 0 unspecified atom stereocenters. The number of rotatable bonds is 6. The number of aryl methyl sites for hydroxylation is 1. The van der Waals surface area contributed by atoms with Gasteiger partial charge in [0.25, 0.3) is 5.91 Å². The minimum Gasteiger partial charge on any atom is -0.349 e. The predicted molar refractivity (Wildman–Crippen MR) is 115 cm³/mol. The Hall–Kier alpha value is -3.03. The summed E-state index contributed by atoms with van der Waals surface area (Å²) in [7, 11) is -3.66. The molecule has 0 aliphatic heterocycles. The van der Waals surface area contributed by atoms with E-state index in [4.69, 9.17) is 0 Å². The van der Waals surface area contributed by atoms with Crippen LogP contribution in [0.15, 0.2) is 71.8 Å². The molecule has 30 heavy (non-hydrogen) atoms. The number of hydrogen-bond donors (Lipinski definition) is 2. The number of nitrogens with one attached hydrogen (secondary N) is 2. The van der Waals surface area contributed by atoms with E-state index in [2.05, 4.69) is 15.0 Å². The number of benzene rings is 2. The van der Waals surface area contributed by atoms with Crippen LogP contribution in [0.25, 0.3) is 0 Å². The van der Waals surface area contributed by atoms with Gasteiger partial charge in [0.1, 0.15) is 0 Å². The van der Waals surface area contributed by atoms with E-state index >= 15 is 0 Å². The number of aromatic nitrogens is 1. The first kappa shape index (κ1) is 20.3. The molecule has 4 rings (SSSR count). The molecule has 0 spiro atoms. The van der Waals surface area contributed by atoms with Crippen molar-refractivity contribution in [3.8, 4) is 0 Å². The third-order valence-corrected chi connectivity index (χ3v) is 6.74. The summed E-state index contributed by atoms with van der Waals surface area (Å²) in [5, 5.41) is 3.04. The normalized spacial score (nSPS) is 15.6. The number of nitrogens with zero attached hydrogens (tertiary/aromatic N) is 1. The van der Waals surface area contributed by atoms with Gasteiger partial charge in [-0.25, -0.2) is 13.1 Å². The fraction of sp³-hybridized carbons (Fsp3) is 0.217. The smallest absolute Gasteiger partial charge is 0.251 e. The molecule has 7 heteroatoms. The zero-order valence-electron chi connectivity index (χ0n) is 16.6. The Balaban J connectivity index is 1.43. The molecule has 1 aliphatic rings. The second-order valence-electron chi connectivity index (χ2n) is 7.47. The maximum absolute atomic E-state index is 12.8. The molecule has 6 nitrogen and oxygen atoms in total. The van der Waals surface area contributed by atoms with Crippen LogP contribution in [0.1, 0.15) is 32.7 Å². The van der Waals surface area contributed by atoms with E-state index in [0.717, 1.165) is 16.7 Å². The first-order valence-corrected chi connectivity index (χ1v) is 11.3. The quantitative estimate of drug-likeness (QED) is 0.641. The lowest BCUT2D eigenvalue weighted by atomic mass is 10.1. The highest BCUT2D eigenvalue weighted by Crippen LogP contribution is 2.25. The van der Waals surface area contributed by atoms with E-state index in [1.54, 1.807) is 30.5 Å². The minimum absolute atomic E-state index is 0.0465. The third kappa shape index (κ3) is 4.42. The first-order valence-electron chi connectivity index (χ1n) is 9.80. The second kappa shape index (κ2) is 8.38. The Labute approximate surface area is 176 Å². The van der Waals surface area contributed by atoms with Crippen molar-refractivity contribution in [3.05, 3.63) is 94.8 Å². The van der Waals surface area contributed by atoms with Gasteiger partial charge in [-0.2, -0.15) is 0 Å². The SMILES string of the molecule is Cc1cccnc1CNS(=O)(=O)c1ccc2c(c1)C[C@@H](NC(=O)c1ccccc1)C2.